The maximum Gasteiger partial charge on any atom is 0.303 e. The van der Waals surface area contributed by atoms with Crippen LogP contribution < -0.4 is 0 Å². The summed E-state index contributed by atoms with van der Waals surface area (Å²) in [6.07, 6.45) is 8.34. The number of unbranched alkanes of at least 4 members (excludes halogenated alkanes) is 3. The van der Waals surface area contributed by atoms with E-state index in [9.17, 15) is 15.0 Å². The number of aliphatic hydroxyl groups is 2. The van der Waals surface area contributed by atoms with Crippen molar-refractivity contribution in [1.82, 2.24) is 0 Å². The van der Waals surface area contributed by atoms with Crippen molar-refractivity contribution in [3.05, 3.63) is 0 Å². The zero-order valence-corrected chi connectivity index (χ0v) is 14.3. The van der Waals surface area contributed by atoms with Crippen LogP contribution in [0.5, 0.6) is 0 Å². The molecule has 23 heavy (non-hydrogen) atoms. The Morgan fingerprint density at radius 3 is 2.70 bits per heavy atom. The van der Waals surface area contributed by atoms with Crippen LogP contribution in [0.25, 0.3) is 0 Å². The second kappa shape index (κ2) is 11.5. The summed E-state index contributed by atoms with van der Waals surface area (Å²) in [7, 11) is 0. The predicted octanol–water partition coefficient (Wildman–Crippen LogP) is 3.35. The molecule has 3 N–H and O–H groups in total. The Labute approximate surface area is 140 Å². The third kappa shape index (κ3) is 8.39. The van der Waals surface area contributed by atoms with Gasteiger partial charge in [0.25, 0.3) is 0 Å². The maximum absolute atomic E-state index is 10.5. The van der Waals surface area contributed by atoms with E-state index >= 15 is 0 Å². The highest BCUT2D eigenvalue weighted by atomic mass is 16.4. The van der Waals surface area contributed by atoms with E-state index in [2.05, 4.69) is 18.8 Å². The normalized spacial score (nSPS) is 24.9. The first-order valence-corrected chi connectivity index (χ1v) is 9.10. The molecule has 1 aliphatic rings. The van der Waals surface area contributed by atoms with Crippen LogP contribution in [-0.2, 0) is 4.79 Å². The minimum atomic E-state index is -0.734. The molecule has 4 heteroatoms. The van der Waals surface area contributed by atoms with Gasteiger partial charge in [0, 0.05) is 12.8 Å². The lowest BCUT2D eigenvalue weighted by atomic mass is 9.86. The third-order valence-electron chi connectivity index (χ3n) is 4.82. The van der Waals surface area contributed by atoms with Crippen LogP contribution in [-0.4, -0.2) is 33.5 Å². The van der Waals surface area contributed by atoms with Gasteiger partial charge in [-0.1, -0.05) is 25.7 Å². The fraction of sp³-hybridized carbons (Fsp3) is 0.842. The molecule has 1 unspecified atom stereocenters. The lowest BCUT2D eigenvalue weighted by Gasteiger charge is -2.22. The zero-order chi connectivity index (χ0) is 17.1. The summed E-state index contributed by atoms with van der Waals surface area (Å²) < 4.78 is 0. The van der Waals surface area contributed by atoms with Gasteiger partial charge >= 0.3 is 5.97 Å². The van der Waals surface area contributed by atoms with Gasteiger partial charge in [-0.2, -0.15) is 0 Å². The van der Waals surface area contributed by atoms with Gasteiger partial charge in [0.1, 0.15) is 6.10 Å². The number of hydrogen-bond acceptors (Lipinski definition) is 3. The molecule has 0 aromatic heterocycles. The molecule has 0 radical (unpaired) electrons. The predicted molar refractivity (Wildman–Crippen MR) is 90.9 cm³/mol. The van der Waals surface area contributed by atoms with Gasteiger partial charge in [-0.15, -0.1) is 5.92 Å². The third-order valence-corrected chi connectivity index (χ3v) is 4.82. The lowest BCUT2D eigenvalue weighted by molar-refractivity contribution is -0.137. The minimum Gasteiger partial charge on any atom is -0.481 e. The Morgan fingerprint density at radius 2 is 2.00 bits per heavy atom. The summed E-state index contributed by atoms with van der Waals surface area (Å²) in [6, 6.07) is 0. The van der Waals surface area contributed by atoms with Crippen molar-refractivity contribution in [3.63, 3.8) is 0 Å². The first-order valence-electron chi connectivity index (χ1n) is 9.10. The number of carboxylic acids is 1. The molecule has 0 aliphatic heterocycles. The van der Waals surface area contributed by atoms with Crippen LogP contribution in [0.2, 0.25) is 0 Å². The monoisotopic (exact) mass is 324 g/mol. The quantitative estimate of drug-likeness (QED) is 0.425. The summed E-state index contributed by atoms with van der Waals surface area (Å²) in [4.78, 5) is 10.5. The molecule has 0 heterocycles. The van der Waals surface area contributed by atoms with Crippen LogP contribution in [0.1, 0.15) is 77.6 Å². The van der Waals surface area contributed by atoms with E-state index < -0.39 is 12.1 Å². The highest BCUT2D eigenvalue weighted by Crippen LogP contribution is 2.38. The first kappa shape index (κ1) is 20.0. The van der Waals surface area contributed by atoms with Gasteiger partial charge in [0.15, 0.2) is 0 Å². The van der Waals surface area contributed by atoms with Crippen molar-refractivity contribution in [3.8, 4) is 11.8 Å². The Bertz CT molecular complexity index is 396. The van der Waals surface area contributed by atoms with Crippen LogP contribution in [0.3, 0.4) is 0 Å². The molecule has 132 valence electrons. The largest absolute Gasteiger partial charge is 0.481 e. The standard InChI is InChI=1S/C19H32O4/c1-2-3-5-8-16(20)13-11-15-12-14-18(21)17(15)9-6-4-7-10-19(22)23/h15-18,20-21H,2-4,6-7,9-14H2,1H3,(H,22,23)/t15-,16?,17+,18-/m0/s1. The molecule has 0 bridgehead atoms. The highest BCUT2D eigenvalue weighted by Gasteiger charge is 2.34. The number of aliphatic hydroxyl groups excluding tert-OH is 2. The van der Waals surface area contributed by atoms with E-state index in [4.69, 9.17) is 5.11 Å². The second-order valence-corrected chi connectivity index (χ2v) is 6.73. The number of carbonyl (C=O) groups is 1. The molecule has 4 nitrogen and oxygen atoms in total. The molecule has 1 aliphatic carbocycles. The van der Waals surface area contributed by atoms with Crippen LogP contribution in [0.4, 0.5) is 0 Å². The van der Waals surface area contributed by atoms with Crippen molar-refractivity contribution in [2.75, 3.05) is 0 Å². The van der Waals surface area contributed by atoms with E-state index in [1.54, 1.807) is 0 Å². The second-order valence-electron chi connectivity index (χ2n) is 6.73. The molecule has 4 atom stereocenters. The van der Waals surface area contributed by atoms with Gasteiger partial charge in [-0.3, -0.25) is 4.79 Å². The zero-order valence-electron chi connectivity index (χ0n) is 14.3. The summed E-state index contributed by atoms with van der Waals surface area (Å²) in [5.41, 5.74) is 0. The molecule has 0 saturated heterocycles. The molecule has 0 amide bonds. The Morgan fingerprint density at radius 1 is 1.22 bits per heavy atom. The van der Waals surface area contributed by atoms with E-state index in [0.29, 0.717) is 24.7 Å². The van der Waals surface area contributed by atoms with Crippen molar-refractivity contribution >= 4 is 5.97 Å². The minimum absolute atomic E-state index is 0.234. The smallest absolute Gasteiger partial charge is 0.303 e. The fourth-order valence-corrected chi connectivity index (χ4v) is 3.51. The molecular formula is C19H32O4. The molecule has 1 saturated carbocycles. The average molecular weight is 324 g/mol. The van der Waals surface area contributed by atoms with Gasteiger partial charge in [-0.25, -0.2) is 0 Å². The Hall–Kier alpha value is -1.05. The fourth-order valence-electron chi connectivity index (χ4n) is 3.51. The van der Waals surface area contributed by atoms with E-state index in [-0.39, 0.29) is 12.5 Å². The highest BCUT2D eigenvalue weighted by molar-refractivity contribution is 5.66. The number of carboxylic acid groups (broad SMARTS) is 1. The van der Waals surface area contributed by atoms with Crippen molar-refractivity contribution < 1.29 is 20.1 Å². The molecule has 1 fully saturated rings. The Kier molecular flexibility index (Phi) is 9.98. The molecule has 0 spiro atoms. The van der Waals surface area contributed by atoms with Crippen LogP contribution in [0.15, 0.2) is 0 Å². The molecule has 0 aromatic carbocycles. The SMILES string of the molecule is CCCC#CC(O)CC[C@H]1CC[C@H](O)[C@@H]1CCCCCC(=O)O. The van der Waals surface area contributed by atoms with Crippen molar-refractivity contribution in [2.24, 2.45) is 11.8 Å². The summed E-state index contributed by atoms with van der Waals surface area (Å²) in [5, 5.41) is 28.7. The van der Waals surface area contributed by atoms with Crippen molar-refractivity contribution in [2.45, 2.75) is 89.8 Å². The van der Waals surface area contributed by atoms with Gasteiger partial charge in [0.2, 0.25) is 0 Å². The number of aliphatic carboxylic acids is 1. The van der Waals surface area contributed by atoms with Crippen LogP contribution in [0, 0.1) is 23.7 Å². The number of rotatable bonds is 10. The van der Waals surface area contributed by atoms with Crippen molar-refractivity contribution in [1.29, 1.82) is 0 Å². The molecule has 1 rings (SSSR count). The summed E-state index contributed by atoms with van der Waals surface area (Å²) in [5.74, 6) is 5.91. The topological polar surface area (TPSA) is 77.8 Å². The van der Waals surface area contributed by atoms with E-state index in [0.717, 1.165) is 51.4 Å². The summed E-state index contributed by atoms with van der Waals surface area (Å²) in [6.45, 7) is 2.07. The van der Waals surface area contributed by atoms with Gasteiger partial charge < -0.3 is 15.3 Å². The Balaban J connectivity index is 2.28. The maximum atomic E-state index is 10.5. The lowest BCUT2D eigenvalue weighted by Crippen LogP contribution is -2.20. The summed E-state index contributed by atoms with van der Waals surface area (Å²) >= 11 is 0. The first-order chi connectivity index (χ1) is 11.0. The van der Waals surface area contributed by atoms with E-state index in [1.165, 1.54) is 0 Å². The van der Waals surface area contributed by atoms with Gasteiger partial charge in [0.05, 0.1) is 6.10 Å². The molecular weight excluding hydrogens is 292 g/mol. The molecule has 0 aromatic rings. The van der Waals surface area contributed by atoms with Crippen LogP contribution >= 0.6 is 0 Å². The van der Waals surface area contributed by atoms with Gasteiger partial charge in [-0.05, 0) is 56.8 Å². The number of hydrogen-bond donors (Lipinski definition) is 3. The average Bonchev–Trinajstić information content (AvgIpc) is 2.85. The van der Waals surface area contributed by atoms with E-state index in [1.807, 2.05) is 0 Å².